The van der Waals surface area contributed by atoms with Crippen LogP contribution in [-0.4, -0.2) is 28.9 Å². The molecule has 0 aromatic carbocycles. The molecule has 0 aliphatic rings. The normalized spacial score (nSPS) is 16.8. The Morgan fingerprint density at radius 2 is 2.15 bits per heavy atom. The minimum absolute atomic E-state index is 0.328. The second-order valence-electron chi connectivity index (χ2n) is 2.38. The lowest BCUT2D eigenvalue weighted by atomic mass is 10.4. The third kappa shape index (κ3) is 8.50. The predicted molar refractivity (Wildman–Crippen MR) is 59.6 cm³/mol. The van der Waals surface area contributed by atoms with E-state index in [1.807, 2.05) is 0 Å². The molecule has 0 spiro atoms. The van der Waals surface area contributed by atoms with Gasteiger partial charge in [0.2, 0.25) is 0 Å². The lowest BCUT2D eigenvalue weighted by molar-refractivity contribution is 0.621. The summed E-state index contributed by atoms with van der Waals surface area (Å²) in [6, 6.07) is 0. The van der Waals surface area contributed by atoms with Gasteiger partial charge in [0.15, 0.2) is 0 Å². The molecule has 0 bridgehead atoms. The summed E-state index contributed by atoms with van der Waals surface area (Å²) in [4.78, 5) is 3.91. The van der Waals surface area contributed by atoms with Crippen LogP contribution in [0.25, 0.3) is 0 Å². The second kappa shape index (κ2) is 7.56. The molecule has 0 saturated carbocycles. The molecule has 0 aliphatic carbocycles. The van der Waals surface area contributed by atoms with E-state index in [4.69, 9.17) is 40.2 Å². The van der Waals surface area contributed by atoms with Crippen LogP contribution >= 0.6 is 34.8 Å². The summed E-state index contributed by atoms with van der Waals surface area (Å²) in [5, 5.41) is 10.1. The van der Waals surface area contributed by atoms with Crippen molar-refractivity contribution in [1.82, 2.24) is 5.32 Å². The van der Waals surface area contributed by atoms with Gasteiger partial charge in [-0.25, -0.2) is 0 Å². The van der Waals surface area contributed by atoms with Crippen molar-refractivity contribution in [1.29, 1.82) is 5.41 Å². The first-order valence-corrected chi connectivity index (χ1v) is 5.01. The van der Waals surface area contributed by atoms with Crippen molar-refractivity contribution in [3.8, 4) is 0 Å². The summed E-state index contributed by atoms with van der Waals surface area (Å²) in [6.07, 6.45) is 1.67. The van der Waals surface area contributed by atoms with Crippen molar-refractivity contribution in [3.05, 3.63) is 0 Å². The number of halogens is 3. The van der Waals surface area contributed by atoms with Crippen molar-refractivity contribution in [2.45, 2.75) is 24.3 Å². The van der Waals surface area contributed by atoms with Crippen molar-refractivity contribution in [3.63, 3.8) is 0 Å². The monoisotopic (exact) mass is 243 g/mol. The van der Waals surface area contributed by atoms with Crippen LogP contribution in [0.5, 0.6) is 0 Å². The largest absolute Gasteiger partial charge is 0.313 e. The Bertz CT molecular complexity index is 180. The number of alkyl halides is 2. The lowest BCUT2D eigenvalue weighted by Crippen LogP contribution is -2.33. The van der Waals surface area contributed by atoms with Crippen LogP contribution in [-0.2, 0) is 0 Å². The Morgan fingerprint density at radius 3 is 2.62 bits per heavy atom. The van der Waals surface area contributed by atoms with Crippen LogP contribution in [0.15, 0.2) is 4.99 Å². The molecule has 6 heteroatoms. The third-order valence-electron chi connectivity index (χ3n) is 1.16. The first-order chi connectivity index (χ1) is 6.06. The average molecular weight is 245 g/mol. The van der Waals surface area contributed by atoms with Crippen molar-refractivity contribution in [2.24, 2.45) is 4.99 Å². The molecule has 2 unspecified atom stereocenters. The molecule has 0 heterocycles. The SMILES string of the molecule is C/C(Cl)=N\CC(Cl)NC(Cl)CC=N. The van der Waals surface area contributed by atoms with Crippen LogP contribution in [0, 0.1) is 5.41 Å². The fourth-order valence-corrected chi connectivity index (χ4v) is 1.22. The summed E-state index contributed by atoms with van der Waals surface area (Å²) in [7, 11) is 0. The first kappa shape index (κ1) is 13.2. The van der Waals surface area contributed by atoms with Crippen molar-refractivity contribution in [2.75, 3.05) is 6.54 Å². The molecule has 2 atom stereocenters. The van der Waals surface area contributed by atoms with E-state index in [-0.39, 0.29) is 11.0 Å². The summed E-state index contributed by atoms with van der Waals surface area (Å²) in [5.74, 6) is 0. The van der Waals surface area contributed by atoms with Crippen LogP contribution in [0.2, 0.25) is 0 Å². The van der Waals surface area contributed by atoms with Gasteiger partial charge < -0.3 is 5.41 Å². The van der Waals surface area contributed by atoms with Crippen LogP contribution in [0.3, 0.4) is 0 Å². The van der Waals surface area contributed by atoms with E-state index in [9.17, 15) is 0 Å². The maximum atomic E-state index is 6.81. The zero-order chi connectivity index (χ0) is 10.3. The second-order valence-corrected chi connectivity index (χ2v) is 3.98. The van der Waals surface area contributed by atoms with Gasteiger partial charge in [0.1, 0.15) is 5.50 Å². The molecule has 0 aromatic rings. The van der Waals surface area contributed by atoms with Crippen molar-refractivity contribution < 1.29 is 0 Å². The van der Waals surface area contributed by atoms with Crippen molar-refractivity contribution >= 4 is 46.2 Å². The Morgan fingerprint density at radius 1 is 1.54 bits per heavy atom. The van der Waals surface area contributed by atoms with Gasteiger partial charge in [0.05, 0.1) is 17.2 Å². The molecule has 2 N–H and O–H groups in total. The Labute approximate surface area is 93.0 Å². The first-order valence-electron chi connectivity index (χ1n) is 3.76. The van der Waals surface area contributed by atoms with E-state index in [0.717, 1.165) is 0 Å². The topological polar surface area (TPSA) is 48.2 Å². The summed E-state index contributed by atoms with van der Waals surface area (Å²) in [6.45, 7) is 2.05. The summed E-state index contributed by atoms with van der Waals surface area (Å²) >= 11 is 17.1. The molecule has 3 nitrogen and oxygen atoms in total. The van der Waals surface area contributed by atoms with Gasteiger partial charge in [0.25, 0.3) is 0 Å². The number of nitrogens with zero attached hydrogens (tertiary/aromatic N) is 1. The van der Waals surface area contributed by atoms with Gasteiger partial charge >= 0.3 is 0 Å². The molecular formula is C7H12Cl3N3. The number of nitrogens with one attached hydrogen (secondary N) is 2. The van der Waals surface area contributed by atoms with E-state index in [2.05, 4.69) is 10.3 Å². The van der Waals surface area contributed by atoms with E-state index < -0.39 is 0 Å². The minimum atomic E-state index is -0.351. The summed E-state index contributed by atoms with van der Waals surface area (Å²) in [5.41, 5.74) is -0.679. The smallest absolute Gasteiger partial charge is 0.103 e. The Hall–Kier alpha value is 0.170. The maximum Gasteiger partial charge on any atom is 0.103 e. The van der Waals surface area contributed by atoms with Crippen LogP contribution < -0.4 is 5.32 Å². The highest BCUT2D eigenvalue weighted by Gasteiger charge is 2.08. The van der Waals surface area contributed by atoms with Crippen LogP contribution in [0.4, 0.5) is 0 Å². The Balaban J connectivity index is 3.66. The van der Waals surface area contributed by atoms with Gasteiger partial charge in [-0.1, -0.05) is 11.6 Å². The maximum absolute atomic E-state index is 6.81. The van der Waals surface area contributed by atoms with Gasteiger partial charge in [-0.2, -0.15) is 0 Å². The van der Waals surface area contributed by atoms with Gasteiger partial charge in [-0.05, 0) is 13.1 Å². The zero-order valence-electron chi connectivity index (χ0n) is 7.23. The lowest BCUT2D eigenvalue weighted by Gasteiger charge is -2.13. The van der Waals surface area contributed by atoms with Gasteiger partial charge in [-0.3, -0.25) is 10.3 Å². The number of rotatable bonds is 6. The molecule has 0 saturated heterocycles. The molecule has 76 valence electrons. The third-order valence-corrected chi connectivity index (χ3v) is 1.84. The Kier molecular flexibility index (Phi) is 7.66. The van der Waals surface area contributed by atoms with E-state index in [1.165, 1.54) is 6.21 Å². The van der Waals surface area contributed by atoms with E-state index in [0.29, 0.717) is 18.1 Å². The summed E-state index contributed by atoms with van der Waals surface area (Å²) < 4.78 is 0. The highest BCUT2D eigenvalue weighted by atomic mass is 35.5. The molecule has 0 amide bonds. The number of hydrogen-bond acceptors (Lipinski definition) is 3. The molecule has 0 aromatic heterocycles. The van der Waals surface area contributed by atoms with Gasteiger partial charge in [-0.15, -0.1) is 23.2 Å². The average Bonchev–Trinajstić information content (AvgIpc) is 2.01. The number of hydrogen-bond donors (Lipinski definition) is 2. The quantitative estimate of drug-likeness (QED) is 0.421. The molecule has 0 aliphatic heterocycles. The fourth-order valence-electron chi connectivity index (χ4n) is 0.626. The highest BCUT2D eigenvalue weighted by Crippen LogP contribution is 2.01. The van der Waals surface area contributed by atoms with E-state index >= 15 is 0 Å². The fraction of sp³-hybridized carbons (Fsp3) is 0.714. The number of aliphatic imine (C=N–C) groups is 1. The molecule has 0 fully saturated rings. The predicted octanol–water partition coefficient (Wildman–Crippen LogP) is 2.40. The molecular weight excluding hydrogens is 232 g/mol. The highest BCUT2D eigenvalue weighted by molar-refractivity contribution is 6.64. The zero-order valence-corrected chi connectivity index (χ0v) is 9.50. The van der Waals surface area contributed by atoms with Gasteiger partial charge in [0, 0.05) is 6.42 Å². The minimum Gasteiger partial charge on any atom is -0.313 e. The van der Waals surface area contributed by atoms with E-state index in [1.54, 1.807) is 6.92 Å². The molecule has 0 rings (SSSR count). The molecule has 13 heavy (non-hydrogen) atoms. The standard InChI is InChI=1S/C7H12Cl3N3/c1-5(8)12-4-7(10)13-6(9)2-3-11/h3,6-7,11,13H,2,4H2,1H3/b11-3?,12-5+. The molecule has 0 radical (unpaired) electrons. The van der Waals surface area contributed by atoms with Crippen LogP contribution in [0.1, 0.15) is 13.3 Å².